The quantitative estimate of drug-likeness (QED) is 0.502. The Labute approximate surface area is 158 Å². The third kappa shape index (κ3) is 5.41. The molecule has 3 unspecified atom stereocenters. The topological polar surface area (TPSA) is 77.0 Å². The molecule has 0 aliphatic carbocycles. The fourth-order valence-corrected chi connectivity index (χ4v) is 4.08. The van der Waals surface area contributed by atoms with Crippen molar-refractivity contribution in [1.82, 2.24) is 5.32 Å². The highest BCUT2D eigenvalue weighted by Crippen LogP contribution is 2.42. The van der Waals surface area contributed by atoms with Gasteiger partial charge in [0.1, 0.15) is 0 Å². The first-order valence-electron chi connectivity index (χ1n) is 8.23. The summed E-state index contributed by atoms with van der Waals surface area (Å²) in [5.74, 6) is 0. The lowest BCUT2D eigenvalue weighted by molar-refractivity contribution is -0.197. The zero-order chi connectivity index (χ0) is 18.4. The summed E-state index contributed by atoms with van der Waals surface area (Å²) in [4.78, 5) is 9.74. The molecule has 6 nitrogen and oxygen atoms in total. The van der Waals surface area contributed by atoms with Crippen molar-refractivity contribution in [2.75, 3.05) is 26.4 Å². The van der Waals surface area contributed by atoms with E-state index in [1.807, 2.05) is 12.1 Å². The molecule has 1 heterocycles. The van der Waals surface area contributed by atoms with Crippen LogP contribution in [0.4, 0.5) is 0 Å². The molecule has 1 aliphatic heterocycles. The summed E-state index contributed by atoms with van der Waals surface area (Å²) in [6.45, 7) is 5.00. The van der Waals surface area contributed by atoms with E-state index in [1.165, 1.54) is 0 Å². The van der Waals surface area contributed by atoms with Gasteiger partial charge in [-0.1, -0.05) is 29.3 Å². The van der Waals surface area contributed by atoms with Crippen LogP contribution in [0.1, 0.15) is 31.9 Å². The van der Waals surface area contributed by atoms with E-state index in [0.717, 1.165) is 5.56 Å². The Morgan fingerprint density at radius 2 is 2.00 bits per heavy atom. The van der Waals surface area contributed by atoms with E-state index in [4.69, 9.17) is 37.4 Å². The number of hydrogen-bond acceptors (Lipinski definition) is 5. The van der Waals surface area contributed by atoms with Gasteiger partial charge in [0.05, 0.1) is 28.8 Å². The maximum Gasteiger partial charge on any atom is 0.247 e. The van der Waals surface area contributed by atoms with Crippen LogP contribution in [-0.2, 0) is 18.8 Å². The van der Waals surface area contributed by atoms with Crippen molar-refractivity contribution in [1.29, 1.82) is 0 Å². The second kappa shape index (κ2) is 9.67. The van der Waals surface area contributed by atoms with Gasteiger partial charge in [-0.2, -0.15) is 0 Å². The molecule has 142 valence electrons. The fraction of sp³-hybridized carbons (Fsp3) is 0.625. The van der Waals surface area contributed by atoms with Crippen LogP contribution in [-0.4, -0.2) is 42.9 Å². The van der Waals surface area contributed by atoms with Crippen molar-refractivity contribution in [2.24, 2.45) is 0 Å². The van der Waals surface area contributed by atoms with Crippen molar-refractivity contribution in [3.8, 4) is 0 Å². The van der Waals surface area contributed by atoms with Crippen LogP contribution < -0.4 is 5.32 Å². The minimum atomic E-state index is -3.07. The average molecular weight is 412 g/mol. The smallest absolute Gasteiger partial charge is 0.247 e. The first-order valence-corrected chi connectivity index (χ1v) is 10.3. The zero-order valence-electron chi connectivity index (χ0n) is 14.3. The molecule has 0 spiro atoms. The number of rotatable bonds is 8. The summed E-state index contributed by atoms with van der Waals surface area (Å²) >= 11 is 12.0. The molecule has 3 atom stereocenters. The van der Waals surface area contributed by atoms with Gasteiger partial charge in [0.2, 0.25) is 13.6 Å². The van der Waals surface area contributed by atoms with Crippen LogP contribution in [0, 0.1) is 0 Å². The van der Waals surface area contributed by atoms with Gasteiger partial charge in [0.25, 0.3) is 0 Å². The summed E-state index contributed by atoms with van der Waals surface area (Å²) in [6, 6.07) is 5.43. The van der Waals surface area contributed by atoms with Crippen LogP contribution in [0.3, 0.4) is 0 Å². The molecule has 0 bridgehead atoms. The first-order chi connectivity index (χ1) is 11.9. The number of morpholine rings is 1. The number of benzene rings is 1. The predicted octanol–water partition coefficient (Wildman–Crippen LogP) is 3.61. The molecule has 2 rings (SSSR count). The van der Waals surface area contributed by atoms with Crippen molar-refractivity contribution >= 4 is 31.2 Å². The number of ether oxygens (including phenoxy) is 3. The Kier molecular flexibility index (Phi) is 8.18. The summed E-state index contributed by atoms with van der Waals surface area (Å²) in [5, 5.41) is 4.37. The van der Waals surface area contributed by atoms with E-state index in [2.05, 4.69) is 5.32 Å². The highest BCUT2D eigenvalue weighted by molar-refractivity contribution is 7.39. The van der Waals surface area contributed by atoms with E-state index in [9.17, 15) is 9.46 Å². The average Bonchev–Trinajstić information content (AvgIpc) is 2.58. The van der Waals surface area contributed by atoms with Crippen molar-refractivity contribution in [3.05, 3.63) is 33.8 Å². The van der Waals surface area contributed by atoms with Crippen molar-refractivity contribution < 1.29 is 23.7 Å². The lowest BCUT2D eigenvalue weighted by Crippen LogP contribution is -2.46. The van der Waals surface area contributed by atoms with E-state index >= 15 is 0 Å². The first kappa shape index (κ1) is 21.1. The Balaban J connectivity index is 2.00. The van der Waals surface area contributed by atoms with Crippen molar-refractivity contribution in [3.63, 3.8) is 0 Å². The molecule has 1 aromatic carbocycles. The molecular weight excluding hydrogens is 388 g/mol. The molecule has 1 saturated heterocycles. The highest BCUT2D eigenvalue weighted by Gasteiger charge is 2.41. The summed E-state index contributed by atoms with van der Waals surface area (Å²) < 4.78 is 28.7. The lowest BCUT2D eigenvalue weighted by Gasteiger charge is -2.37. The molecule has 0 radical (unpaired) electrons. The lowest BCUT2D eigenvalue weighted by atomic mass is 10.1. The number of halogens is 2. The van der Waals surface area contributed by atoms with Crippen LogP contribution in [0.25, 0.3) is 0 Å². The van der Waals surface area contributed by atoms with Gasteiger partial charge >= 0.3 is 0 Å². The van der Waals surface area contributed by atoms with Gasteiger partial charge in [-0.05, 0) is 31.5 Å². The molecule has 0 amide bonds. The Hall–Kier alpha value is -0.170. The zero-order valence-corrected chi connectivity index (χ0v) is 16.8. The van der Waals surface area contributed by atoms with Crippen LogP contribution in [0.5, 0.6) is 0 Å². The van der Waals surface area contributed by atoms with Gasteiger partial charge in [-0.3, -0.25) is 4.57 Å². The van der Waals surface area contributed by atoms with E-state index in [1.54, 1.807) is 19.9 Å². The molecule has 2 N–H and O–H groups in total. The monoisotopic (exact) mass is 411 g/mol. The standard InChI is InChI=1S/C16H24Cl2NO5P/c1-3-23-16(24-4-2,25(20)21)8-12-9-19-15(10-22-12)11-5-6-13(17)14(18)7-11/h5-7,12,15,19,25H,3-4,8-10H2,1-2H3,(H,20,21). The van der Waals surface area contributed by atoms with Crippen LogP contribution in [0.15, 0.2) is 18.2 Å². The molecule has 25 heavy (non-hydrogen) atoms. The predicted molar refractivity (Wildman–Crippen MR) is 98.8 cm³/mol. The van der Waals surface area contributed by atoms with Gasteiger partial charge in [-0.15, -0.1) is 0 Å². The van der Waals surface area contributed by atoms with Gasteiger partial charge in [0.15, 0.2) is 0 Å². The van der Waals surface area contributed by atoms with E-state index in [-0.39, 0.29) is 31.8 Å². The SMILES string of the molecule is CCOC(CC1CNC(c2ccc(Cl)c(Cl)c2)CO1)(OCC)[PH](=O)O. The minimum absolute atomic E-state index is 0.0224. The van der Waals surface area contributed by atoms with Crippen molar-refractivity contribution in [2.45, 2.75) is 37.9 Å². The molecule has 1 fully saturated rings. The summed E-state index contributed by atoms with van der Waals surface area (Å²) in [6.07, 6.45) is -0.109. The summed E-state index contributed by atoms with van der Waals surface area (Å²) in [7, 11) is -3.07. The molecule has 1 aromatic rings. The van der Waals surface area contributed by atoms with Gasteiger partial charge < -0.3 is 24.4 Å². The fourth-order valence-electron chi connectivity index (χ4n) is 2.83. The second-order valence-electron chi connectivity index (χ2n) is 5.72. The second-order valence-corrected chi connectivity index (χ2v) is 7.90. The van der Waals surface area contributed by atoms with Crippen LogP contribution in [0.2, 0.25) is 10.0 Å². The largest absolute Gasteiger partial charge is 0.375 e. The Morgan fingerprint density at radius 3 is 2.48 bits per heavy atom. The molecule has 0 saturated carbocycles. The summed E-state index contributed by atoms with van der Waals surface area (Å²) in [5.41, 5.74) is -0.527. The Morgan fingerprint density at radius 1 is 1.32 bits per heavy atom. The molecular formula is C16H24Cl2NO5P. The maximum atomic E-state index is 11.9. The van der Waals surface area contributed by atoms with E-state index < -0.39 is 13.6 Å². The van der Waals surface area contributed by atoms with Gasteiger partial charge in [-0.25, -0.2) is 0 Å². The van der Waals surface area contributed by atoms with Crippen LogP contribution >= 0.6 is 31.2 Å². The third-order valence-electron chi connectivity index (χ3n) is 4.01. The van der Waals surface area contributed by atoms with Gasteiger partial charge in [0, 0.05) is 26.2 Å². The number of hydrogen-bond donors (Lipinski definition) is 2. The Bertz CT molecular complexity index is 590. The maximum absolute atomic E-state index is 11.9. The molecule has 0 aromatic heterocycles. The highest BCUT2D eigenvalue weighted by atomic mass is 35.5. The third-order valence-corrected chi connectivity index (χ3v) is 5.90. The number of nitrogens with one attached hydrogen (secondary N) is 1. The van der Waals surface area contributed by atoms with E-state index in [0.29, 0.717) is 23.2 Å². The minimum Gasteiger partial charge on any atom is -0.375 e. The molecule has 9 heteroatoms. The normalized spacial score (nSPS) is 22.8. The molecule has 1 aliphatic rings.